The van der Waals surface area contributed by atoms with E-state index in [0.717, 1.165) is 43.2 Å². The molecule has 0 aromatic heterocycles. The summed E-state index contributed by atoms with van der Waals surface area (Å²) in [6, 6.07) is 15.6. The summed E-state index contributed by atoms with van der Waals surface area (Å²) in [5.74, 6) is 0.533. The van der Waals surface area contributed by atoms with Gasteiger partial charge >= 0.3 is 0 Å². The Labute approximate surface area is 148 Å². The molecular weight excluding hydrogens is 316 g/mol. The molecule has 3 rings (SSSR count). The zero-order chi connectivity index (χ0) is 17.6. The van der Waals surface area contributed by atoms with Gasteiger partial charge < -0.3 is 19.7 Å². The third-order valence-corrected chi connectivity index (χ3v) is 4.18. The standard InChI is InChI=1S/C20H24N2O3/c1-15-4-3-5-19(14-15)25-16(2)20(23)21-17-6-8-18(9-7-17)22-10-12-24-13-11-22/h3-9,14,16H,10-13H2,1-2H3,(H,21,23). The van der Waals surface area contributed by atoms with Crippen LogP contribution in [-0.4, -0.2) is 38.3 Å². The average Bonchev–Trinajstić information content (AvgIpc) is 2.63. The molecular formula is C20H24N2O3. The molecule has 5 heteroatoms. The van der Waals surface area contributed by atoms with E-state index in [9.17, 15) is 4.79 Å². The summed E-state index contributed by atoms with van der Waals surface area (Å²) < 4.78 is 11.1. The van der Waals surface area contributed by atoms with Crippen molar-refractivity contribution < 1.29 is 14.3 Å². The maximum Gasteiger partial charge on any atom is 0.265 e. The molecule has 0 spiro atoms. The van der Waals surface area contributed by atoms with Crippen molar-refractivity contribution in [3.05, 3.63) is 54.1 Å². The van der Waals surface area contributed by atoms with Crippen LogP contribution in [0.1, 0.15) is 12.5 Å². The Kier molecular flexibility index (Phi) is 5.56. The van der Waals surface area contributed by atoms with Gasteiger partial charge in [0.1, 0.15) is 5.75 Å². The van der Waals surface area contributed by atoms with Gasteiger partial charge in [0.05, 0.1) is 13.2 Å². The second kappa shape index (κ2) is 8.03. The highest BCUT2D eigenvalue weighted by Gasteiger charge is 2.16. The smallest absolute Gasteiger partial charge is 0.265 e. The van der Waals surface area contributed by atoms with Gasteiger partial charge in [-0.3, -0.25) is 4.79 Å². The Bertz CT molecular complexity index is 709. The fraction of sp³-hybridized carbons (Fsp3) is 0.350. The van der Waals surface area contributed by atoms with E-state index in [-0.39, 0.29) is 5.91 Å². The number of carbonyl (C=O) groups is 1. The van der Waals surface area contributed by atoms with E-state index in [1.165, 1.54) is 0 Å². The highest BCUT2D eigenvalue weighted by molar-refractivity contribution is 5.94. The Balaban J connectivity index is 1.56. The number of ether oxygens (including phenoxy) is 2. The first-order valence-electron chi connectivity index (χ1n) is 8.59. The lowest BCUT2D eigenvalue weighted by Crippen LogP contribution is -2.36. The first-order valence-corrected chi connectivity index (χ1v) is 8.59. The van der Waals surface area contributed by atoms with Crippen molar-refractivity contribution >= 4 is 17.3 Å². The van der Waals surface area contributed by atoms with Crippen LogP contribution < -0.4 is 15.0 Å². The quantitative estimate of drug-likeness (QED) is 0.908. The van der Waals surface area contributed by atoms with Crippen LogP contribution >= 0.6 is 0 Å². The third kappa shape index (κ3) is 4.73. The number of nitrogens with one attached hydrogen (secondary N) is 1. The third-order valence-electron chi connectivity index (χ3n) is 4.18. The molecule has 5 nitrogen and oxygen atoms in total. The second-order valence-electron chi connectivity index (χ2n) is 6.21. The molecule has 1 N–H and O–H groups in total. The molecule has 0 bridgehead atoms. The zero-order valence-corrected chi connectivity index (χ0v) is 14.7. The maximum absolute atomic E-state index is 12.3. The van der Waals surface area contributed by atoms with E-state index in [2.05, 4.69) is 10.2 Å². The number of anilines is 2. The van der Waals surface area contributed by atoms with Crippen LogP contribution in [0.5, 0.6) is 5.75 Å². The lowest BCUT2D eigenvalue weighted by atomic mass is 10.2. The van der Waals surface area contributed by atoms with Crippen molar-refractivity contribution in [3.8, 4) is 5.75 Å². The lowest BCUT2D eigenvalue weighted by Gasteiger charge is -2.29. The Morgan fingerprint density at radius 1 is 1.16 bits per heavy atom. The number of amides is 1. The monoisotopic (exact) mass is 340 g/mol. The fourth-order valence-corrected chi connectivity index (χ4v) is 2.77. The number of hydrogen-bond donors (Lipinski definition) is 1. The highest BCUT2D eigenvalue weighted by Crippen LogP contribution is 2.20. The first kappa shape index (κ1) is 17.3. The fourth-order valence-electron chi connectivity index (χ4n) is 2.77. The minimum Gasteiger partial charge on any atom is -0.481 e. The number of hydrogen-bond acceptors (Lipinski definition) is 4. The molecule has 1 saturated heterocycles. The zero-order valence-electron chi connectivity index (χ0n) is 14.7. The van der Waals surface area contributed by atoms with Crippen molar-refractivity contribution in [1.29, 1.82) is 0 Å². The van der Waals surface area contributed by atoms with E-state index in [1.807, 2.05) is 55.5 Å². The number of carbonyl (C=O) groups excluding carboxylic acids is 1. The molecule has 2 aromatic carbocycles. The number of morpholine rings is 1. The van der Waals surface area contributed by atoms with Crippen molar-refractivity contribution in [2.24, 2.45) is 0 Å². The van der Waals surface area contributed by atoms with Crippen LogP contribution in [0, 0.1) is 6.92 Å². The Morgan fingerprint density at radius 2 is 1.88 bits per heavy atom. The van der Waals surface area contributed by atoms with Gasteiger partial charge in [0.25, 0.3) is 5.91 Å². The molecule has 1 heterocycles. The first-order chi connectivity index (χ1) is 12.1. The maximum atomic E-state index is 12.3. The molecule has 1 fully saturated rings. The van der Waals surface area contributed by atoms with Gasteiger partial charge in [-0.05, 0) is 55.8 Å². The van der Waals surface area contributed by atoms with Crippen molar-refractivity contribution in [1.82, 2.24) is 0 Å². The number of rotatable bonds is 5. The molecule has 1 atom stereocenters. The van der Waals surface area contributed by atoms with E-state index in [0.29, 0.717) is 5.75 Å². The van der Waals surface area contributed by atoms with Gasteiger partial charge in [0.2, 0.25) is 0 Å². The lowest BCUT2D eigenvalue weighted by molar-refractivity contribution is -0.122. The summed E-state index contributed by atoms with van der Waals surface area (Å²) >= 11 is 0. The summed E-state index contributed by atoms with van der Waals surface area (Å²) in [5.41, 5.74) is 3.01. The predicted molar refractivity (Wildman–Crippen MR) is 99.4 cm³/mol. The van der Waals surface area contributed by atoms with Crippen LogP contribution in [-0.2, 0) is 9.53 Å². The molecule has 132 valence electrons. The minimum atomic E-state index is -0.569. The van der Waals surface area contributed by atoms with Gasteiger partial charge in [-0.1, -0.05) is 12.1 Å². The molecule has 1 aliphatic rings. The molecule has 1 unspecified atom stereocenters. The number of aryl methyl sites for hydroxylation is 1. The molecule has 25 heavy (non-hydrogen) atoms. The van der Waals surface area contributed by atoms with E-state index in [4.69, 9.17) is 9.47 Å². The molecule has 0 saturated carbocycles. The molecule has 1 aliphatic heterocycles. The second-order valence-corrected chi connectivity index (χ2v) is 6.21. The van der Waals surface area contributed by atoms with Crippen LogP contribution in [0.4, 0.5) is 11.4 Å². The minimum absolute atomic E-state index is 0.166. The van der Waals surface area contributed by atoms with E-state index >= 15 is 0 Å². The van der Waals surface area contributed by atoms with Gasteiger partial charge in [-0.2, -0.15) is 0 Å². The normalized spacial score (nSPS) is 15.5. The summed E-state index contributed by atoms with van der Waals surface area (Å²) in [4.78, 5) is 14.6. The van der Waals surface area contributed by atoms with Crippen LogP contribution in [0.3, 0.4) is 0 Å². The largest absolute Gasteiger partial charge is 0.481 e. The van der Waals surface area contributed by atoms with Gasteiger partial charge in [-0.15, -0.1) is 0 Å². The van der Waals surface area contributed by atoms with Crippen molar-refractivity contribution in [3.63, 3.8) is 0 Å². The SMILES string of the molecule is Cc1cccc(OC(C)C(=O)Nc2ccc(N3CCOCC3)cc2)c1. The van der Waals surface area contributed by atoms with Crippen LogP contribution in [0.15, 0.2) is 48.5 Å². The van der Waals surface area contributed by atoms with Gasteiger partial charge in [0.15, 0.2) is 6.10 Å². The van der Waals surface area contributed by atoms with E-state index in [1.54, 1.807) is 6.92 Å². The van der Waals surface area contributed by atoms with Crippen LogP contribution in [0.25, 0.3) is 0 Å². The number of nitrogens with zero attached hydrogens (tertiary/aromatic N) is 1. The molecule has 0 radical (unpaired) electrons. The Hall–Kier alpha value is -2.53. The van der Waals surface area contributed by atoms with E-state index < -0.39 is 6.10 Å². The molecule has 1 amide bonds. The topological polar surface area (TPSA) is 50.8 Å². The molecule has 2 aromatic rings. The highest BCUT2D eigenvalue weighted by atomic mass is 16.5. The molecule has 0 aliphatic carbocycles. The summed E-state index contributed by atoms with van der Waals surface area (Å²) in [6.45, 7) is 7.05. The van der Waals surface area contributed by atoms with Gasteiger partial charge in [0, 0.05) is 24.5 Å². The van der Waals surface area contributed by atoms with Gasteiger partial charge in [-0.25, -0.2) is 0 Å². The predicted octanol–water partition coefficient (Wildman–Crippen LogP) is 3.24. The van der Waals surface area contributed by atoms with Crippen LogP contribution in [0.2, 0.25) is 0 Å². The Morgan fingerprint density at radius 3 is 2.56 bits per heavy atom. The summed E-state index contributed by atoms with van der Waals surface area (Å²) in [6.07, 6.45) is -0.569. The summed E-state index contributed by atoms with van der Waals surface area (Å²) in [5, 5.41) is 2.90. The van der Waals surface area contributed by atoms with Crippen molar-refractivity contribution in [2.45, 2.75) is 20.0 Å². The summed E-state index contributed by atoms with van der Waals surface area (Å²) in [7, 11) is 0. The van der Waals surface area contributed by atoms with Crippen molar-refractivity contribution in [2.75, 3.05) is 36.5 Å². The average molecular weight is 340 g/mol. The number of benzene rings is 2.